The van der Waals surface area contributed by atoms with Crippen molar-refractivity contribution in [3.05, 3.63) is 98.9 Å². The van der Waals surface area contributed by atoms with Gasteiger partial charge in [-0.25, -0.2) is 0 Å². The Morgan fingerprint density at radius 2 is 1.68 bits per heavy atom. The molecule has 0 unspecified atom stereocenters. The molecule has 4 rings (SSSR count). The molecule has 0 fully saturated rings. The first-order chi connectivity index (χ1) is 15.0. The molecule has 156 valence electrons. The lowest BCUT2D eigenvalue weighted by Gasteiger charge is -2.29. The third-order valence-electron chi connectivity index (χ3n) is 4.73. The van der Waals surface area contributed by atoms with Crippen LogP contribution in [0.3, 0.4) is 0 Å². The number of rotatable bonds is 5. The maximum absolute atomic E-state index is 13.3. The molecule has 7 heteroatoms. The van der Waals surface area contributed by atoms with Crippen molar-refractivity contribution in [2.75, 3.05) is 11.4 Å². The van der Waals surface area contributed by atoms with Crippen molar-refractivity contribution in [3.8, 4) is 0 Å². The minimum absolute atomic E-state index is 0.0795. The number of fused-ring (bicyclic) bond motifs is 1. The van der Waals surface area contributed by atoms with Gasteiger partial charge in [0.1, 0.15) is 6.54 Å². The third-order valence-corrected chi connectivity index (χ3v) is 6.40. The highest BCUT2D eigenvalue weighted by atomic mass is 35.5. The molecule has 1 aliphatic rings. The number of benzene rings is 3. The number of halogens is 2. The quantitative estimate of drug-likeness (QED) is 0.482. The number of carbonyl (C=O) groups excluding carboxylic acids is 2. The Morgan fingerprint density at radius 1 is 0.968 bits per heavy atom. The Labute approximate surface area is 194 Å². The fourth-order valence-electron chi connectivity index (χ4n) is 3.15. The molecule has 0 bridgehead atoms. The SMILES string of the molecule is O=C(CN1C(=O)C(=Cc2ccccc2Cl)Sc2ccccc21)NCc1ccc(Cl)cc1. The van der Waals surface area contributed by atoms with E-state index in [4.69, 9.17) is 23.2 Å². The molecule has 1 aliphatic heterocycles. The van der Waals surface area contributed by atoms with Gasteiger partial charge in [-0.1, -0.05) is 77.4 Å². The molecule has 0 spiro atoms. The molecule has 0 aliphatic carbocycles. The summed E-state index contributed by atoms with van der Waals surface area (Å²) in [4.78, 5) is 28.8. The number of hydrogen-bond acceptors (Lipinski definition) is 3. The topological polar surface area (TPSA) is 49.4 Å². The highest BCUT2D eigenvalue weighted by Gasteiger charge is 2.30. The molecule has 1 heterocycles. The van der Waals surface area contributed by atoms with Crippen LogP contribution in [0.25, 0.3) is 6.08 Å². The van der Waals surface area contributed by atoms with Crippen LogP contribution in [0, 0.1) is 0 Å². The lowest BCUT2D eigenvalue weighted by Crippen LogP contribution is -2.42. The van der Waals surface area contributed by atoms with Gasteiger partial charge in [0.2, 0.25) is 5.91 Å². The lowest BCUT2D eigenvalue weighted by molar-refractivity contribution is -0.122. The fraction of sp³-hybridized carbons (Fsp3) is 0.0833. The molecule has 0 radical (unpaired) electrons. The lowest BCUT2D eigenvalue weighted by atomic mass is 10.2. The van der Waals surface area contributed by atoms with Gasteiger partial charge < -0.3 is 5.32 Å². The summed E-state index contributed by atoms with van der Waals surface area (Å²) in [5, 5.41) is 4.07. The predicted octanol–water partition coefficient (Wildman–Crippen LogP) is 5.79. The van der Waals surface area contributed by atoms with Crippen LogP contribution in [0.15, 0.2) is 82.6 Å². The molecule has 0 saturated carbocycles. The number of nitrogens with zero attached hydrogens (tertiary/aromatic N) is 1. The summed E-state index contributed by atoms with van der Waals surface area (Å²) >= 11 is 13.5. The highest BCUT2D eigenvalue weighted by molar-refractivity contribution is 8.04. The van der Waals surface area contributed by atoms with E-state index < -0.39 is 0 Å². The number of nitrogens with one attached hydrogen (secondary N) is 1. The van der Waals surface area contributed by atoms with E-state index in [1.54, 1.807) is 24.3 Å². The molecule has 4 nitrogen and oxygen atoms in total. The van der Waals surface area contributed by atoms with Crippen molar-refractivity contribution in [1.29, 1.82) is 0 Å². The molecule has 0 saturated heterocycles. The third kappa shape index (κ3) is 5.13. The Morgan fingerprint density at radius 3 is 2.45 bits per heavy atom. The Bertz CT molecular complexity index is 1160. The molecule has 3 aromatic rings. The maximum Gasteiger partial charge on any atom is 0.265 e. The molecule has 3 aromatic carbocycles. The maximum atomic E-state index is 13.3. The van der Waals surface area contributed by atoms with Gasteiger partial charge in [-0.05, 0) is 47.5 Å². The minimum Gasteiger partial charge on any atom is -0.350 e. The molecule has 0 aromatic heterocycles. The summed E-state index contributed by atoms with van der Waals surface area (Å²) in [6.07, 6.45) is 1.77. The van der Waals surface area contributed by atoms with Crippen LogP contribution >= 0.6 is 35.0 Å². The normalized spacial score (nSPS) is 14.5. The van der Waals surface area contributed by atoms with E-state index >= 15 is 0 Å². The first-order valence-electron chi connectivity index (χ1n) is 9.57. The standard InChI is InChI=1S/C24H18Cl2N2O2S/c25-18-11-9-16(10-12-18)14-27-23(29)15-28-20-7-3-4-8-21(20)31-22(24(28)30)13-17-5-1-2-6-19(17)26/h1-13H,14-15H2,(H,27,29). The number of hydrogen-bond donors (Lipinski definition) is 1. The van der Waals surface area contributed by atoms with Crippen LogP contribution in [-0.4, -0.2) is 18.4 Å². The zero-order valence-corrected chi connectivity index (χ0v) is 18.7. The summed E-state index contributed by atoms with van der Waals surface area (Å²) in [6.45, 7) is 0.278. The van der Waals surface area contributed by atoms with Crippen molar-refractivity contribution in [3.63, 3.8) is 0 Å². The van der Waals surface area contributed by atoms with Crippen molar-refractivity contribution in [2.45, 2.75) is 11.4 Å². The zero-order chi connectivity index (χ0) is 21.8. The second-order valence-corrected chi connectivity index (χ2v) is 8.82. The molecule has 2 amide bonds. The van der Waals surface area contributed by atoms with Crippen LogP contribution < -0.4 is 10.2 Å². The Balaban J connectivity index is 1.55. The molecule has 31 heavy (non-hydrogen) atoms. The van der Waals surface area contributed by atoms with Crippen molar-refractivity contribution >= 4 is 58.5 Å². The van der Waals surface area contributed by atoms with E-state index in [-0.39, 0.29) is 18.4 Å². The van der Waals surface area contributed by atoms with E-state index in [9.17, 15) is 9.59 Å². The average molecular weight is 469 g/mol. The van der Waals surface area contributed by atoms with Gasteiger partial charge in [-0.15, -0.1) is 0 Å². The highest BCUT2D eigenvalue weighted by Crippen LogP contribution is 2.42. The van der Waals surface area contributed by atoms with E-state index in [1.165, 1.54) is 16.7 Å². The number of amides is 2. The zero-order valence-electron chi connectivity index (χ0n) is 16.3. The van der Waals surface area contributed by atoms with Gasteiger partial charge in [-0.3, -0.25) is 14.5 Å². The Kier molecular flexibility index (Phi) is 6.66. The molecule has 1 N–H and O–H groups in total. The number of para-hydroxylation sites is 1. The molecular weight excluding hydrogens is 451 g/mol. The summed E-state index contributed by atoms with van der Waals surface area (Å²) in [6, 6.07) is 22.1. The summed E-state index contributed by atoms with van der Waals surface area (Å²) < 4.78 is 0. The van der Waals surface area contributed by atoms with E-state index in [2.05, 4.69) is 5.32 Å². The second-order valence-electron chi connectivity index (χ2n) is 6.89. The predicted molar refractivity (Wildman–Crippen MR) is 127 cm³/mol. The van der Waals surface area contributed by atoms with Crippen LogP contribution in [0.5, 0.6) is 0 Å². The molecule has 0 atom stereocenters. The van der Waals surface area contributed by atoms with Crippen LogP contribution in [0.4, 0.5) is 5.69 Å². The van der Waals surface area contributed by atoms with Crippen molar-refractivity contribution < 1.29 is 9.59 Å². The Hall–Kier alpha value is -2.73. The first kappa shape index (κ1) is 21.5. The van der Waals surface area contributed by atoms with E-state index in [0.29, 0.717) is 21.5 Å². The van der Waals surface area contributed by atoms with Crippen LogP contribution in [0.1, 0.15) is 11.1 Å². The number of thioether (sulfide) groups is 1. The van der Waals surface area contributed by atoms with E-state index in [0.717, 1.165) is 21.7 Å². The minimum atomic E-state index is -0.248. The molecular formula is C24H18Cl2N2O2S. The van der Waals surface area contributed by atoms with Gasteiger partial charge in [0.25, 0.3) is 5.91 Å². The van der Waals surface area contributed by atoms with Crippen LogP contribution in [0.2, 0.25) is 10.0 Å². The van der Waals surface area contributed by atoms with Gasteiger partial charge in [-0.2, -0.15) is 0 Å². The second kappa shape index (κ2) is 9.60. The monoisotopic (exact) mass is 468 g/mol. The van der Waals surface area contributed by atoms with Gasteiger partial charge >= 0.3 is 0 Å². The first-order valence-corrected chi connectivity index (χ1v) is 11.1. The van der Waals surface area contributed by atoms with Crippen LogP contribution in [-0.2, 0) is 16.1 Å². The summed E-state index contributed by atoms with van der Waals surface area (Å²) in [5.41, 5.74) is 2.40. The fourth-order valence-corrected chi connectivity index (χ4v) is 4.52. The smallest absolute Gasteiger partial charge is 0.265 e. The summed E-state index contributed by atoms with van der Waals surface area (Å²) in [7, 11) is 0. The number of carbonyl (C=O) groups is 2. The van der Waals surface area contributed by atoms with E-state index in [1.807, 2.05) is 54.6 Å². The summed E-state index contributed by atoms with van der Waals surface area (Å²) in [5.74, 6) is -0.479. The largest absolute Gasteiger partial charge is 0.350 e. The van der Waals surface area contributed by atoms with Crippen molar-refractivity contribution in [1.82, 2.24) is 5.32 Å². The van der Waals surface area contributed by atoms with Gasteiger partial charge in [0.15, 0.2) is 0 Å². The van der Waals surface area contributed by atoms with Gasteiger partial charge in [0, 0.05) is 21.5 Å². The van der Waals surface area contributed by atoms with Gasteiger partial charge in [0.05, 0.1) is 10.6 Å². The number of anilines is 1. The average Bonchev–Trinajstić information content (AvgIpc) is 2.77. The van der Waals surface area contributed by atoms with Crippen molar-refractivity contribution in [2.24, 2.45) is 0 Å².